The van der Waals surface area contributed by atoms with Crippen molar-refractivity contribution in [2.45, 2.75) is 69.4 Å². The molecule has 1 aromatic carbocycles. The quantitative estimate of drug-likeness (QED) is 0.812. The van der Waals surface area contributed by atoms with Gasteiger partial charge in [-0.1, -0.05) is 23.8 Å². The molecule has 0 radical (unpaired) electrons. The molecule has 1 aromatic rings. The van der Waals surface area contributed by atoms with Crippen LogP contribution < -0.4 is 5.73 Å². The first-order chi connectivity index (χ1) is 13.3. The monoisotopic (exact) mass is 382 g/mol. The second kappa shape index (κ2) is 6.06. The SMILES string of the molecule is CC(=O)O[C@@]12C[C@H](C(N)=O)C[C@@]13CCN(CC1CC1)[C@@H]2Cc1ccc(C)cc13. The Labute approximate surface area is 166 Å². The van der Waals surface area contributed by atoms with Crippen LogP contribution in [0.1, 0.15) is 55.7 Å². The lowest BCUT2D eigenvalue weighted by Gasteiger charge is -2.60. The molecule has 28 heavy (non-hydrogen) atoms. The minimum atomic E-state index is -0.646. The summed E-state index contributed by atoms with van der Waals surface area (Å²) in [4.78, 5) is 27.2. The maximum absolute atomic E-state index is 12.3. The number of esters is 1. The fraction of sp³-hybridized carbons (Fsp3) is 0.652. The second-order valence-electron chi connectivity index (χ2n) is 9.64. The van der Waals surface area contributed by atoms with Gasteiger partial charge in [0.1, 0.15) is 5.60 Å². The summed E-state index contributed by atoms with van der Waals surface area (Å²) in [5.74, 6) is 0.0246. The van der Waals surface area contributed by atoms with Crippen molar-refractivity contribution in [1.29, 1.82) is 0 Å². The Bertz CT molecular complexity index is 848. The number of primary amides is 1. The zero-order chi connectivity index (χ0) is 19.7. The van der Waals surface area contributed by atoms with Gasteiger partial charge in [-0.25, -0.2) is 0 Å². The fourth-order valence-electron chi connectivity index (χ4n) is 6.59. The first-order valence-electron chi connectivity index (χ1n) is 10.7. The molecule has 0 spiro atoms. The largest absolute Gasteiger partial charge is 0.457 e. The second-order valence-corrected chi connectivity index (χ2v) is 9.64. The van der Waals surface area contributed by atoms with E-state index >= 15 is 0 Å². The predicted molar refractivity (Wildman–Crippen MR) is 106 cm³/mol. The minimum Gasteiger partial charge on any atom is -0.457 e. The number of carbonyl (C=O) groups is 2. The zero-order valence-corrected chi connectivity index (χ0v) is 16.9. The third-order valence-electron chi connectivity index (χ3n) is 7.87. The third-order valence-corrected chi connectivity index (χ3v) is 7.87. The van der Waals surface area contributed by atoms with Gasteiger partial charge in [-0.3, -0.25) is 14.5 Å². The number of hydrogen-bond donors (Lipinski definition) is 1. The van der Waals surface area contributed by atoms with E-state index in [2.05, 4.69) is 30.0 Å². The number of rotatable bonds is 4. The van der Waals surface area contributed by atoms with Gasteiger partial charge in [0.05, 0.1) is 6.04 Å². The molecule has 2 N–H and O–H groups in total. The van der Waals surface area contributed by atoms with Crippen LogP contribution in [0.2, 0.25) is 0 Å². The number of piperidine rings is 1. The molecule has 4 atom stereocenters. The molecular weight excluding hydrogens is 352 g/mol. The number of ether oxygens (including phenoxy) is 1. The summed E-state index contributed by atoms with van der Waals surface area (Å²) in [5.41, 5.74) is 8.71. The van der Waals surface area contributed by atoms with Crippen LogP contribution >= 0.6 is 0 Å². The van der Waals surface area contributed by atoms with Crippen LogP contribution in [-0.2, 0) is 26.2 Å². The van der Waals surface area contributed by atoms with Gasteiger partial charge in [0.2, 0.25) is 5.91 Å². The Morgan fingerprint density at radius 1 is 1.29 bits per heavy atom. The Morgan fingerprint density at radius 2 is 2.07 bits per heavy atom. The van der Waals surface area contributed by atoms with Crippen LogP contribution in [0.4, 0.5) is 0 Å². The summed E-state index contributed by atoms with van der Waals surface area (Å²) in [5, 5.41) is 0. The smallest absolute Gasteiger partial charge is 0.303 e. The summed E-state index contributed by atoms with van der Waals surface area (Å²) < 4.78 is 6.28. The fourth-order valence-corrected chi connectivity index (χ4v) is 6.59. The number of nitrogens with zero attached hydrogens (tertiary/aromatic N) is 1. The Morgan fingerprint density at radius 3 is 2.75 bits per heavy atom. The Hall–Kier alpha value is -1.88. The molecule has 1 aliphatic heterocycles. The molecule has 3 aliphatic carbocycles. The maximum atomic E-state index is 12.3. The van der Waals surface area contributed by atoms with Crippen molar-refractivity contribution in [3.05, 3.63) is 34.9 Å². The van der Waals surface area contributed by atoms with Crippen molar-refractivity contribution in [3.8, 4) is 0 Å². The highest BCUT2D eigenvalue weighted by atomic mass is 16.6. The molecule has 1 amide bonds. The average Bonchev–Trinajstić information content (AvgIpc) is 3.36. The van der Waals surface area contributed by atoms with E-state index in [-0.39, 0.29) is 29.3 Å². The van der Waals surface area contributed by atoms with Crippen molar-refractivity contribution in [1.82, 2.24) is 4.90 Å². The third kappa shape index (κ3) is 2.48. The molecule has 5 nitrogen and oxygen atoms in total. The van der Waals surface area contributed by atoms with Crippen molar-refractivity contribution >= 4 is 11.9 Å². The molecule has 1 heterocycles. The molecule has 5 rings (SSSR count). The lowest BCUT2D eigenvalue weighted by atomic mass is 9.55. The number of hydrogen-bond acceptors (Lipinski definition) is 4. The number of nitrogens with two attached hydrogens (primary N) is 1. The zero-order valence-electron chi connectivity index (χ0n) is 16.9. The van der Waals surface area contributed by atoms with Gasteiger partial charge in [-0.05, 0) is 62.6 Å². The molecule has 3 fully saturated rings. The van der Waals surface area contributed by atoms with Crippen molar-refractivity contribution in [2.24, 2.45) is 17.6 Å². The van der Waals surface area contributed by atoms with Gasteiger partial charge in [0.15, 0.2) is 0 Å². The maximum Gasteiger partial charge on any atom is 0.303 e. The van der Waals surface area contributed by atoms with Crippen molar-refractivity contribution in [3.63, 3.8) is 0 Å². The van der Waals surface area contributed by atoms with Crippen LogP contribution in [0.25, 0.3) is 0 Å². The Kier molecular flexibility index (Phi) is 3.93. The van der Waals surface area contributed by atoms with Crippen molar-refractivity contribution < 1.29 is 14.3 Å². The van der Waals surface area contributed by atoms with Gasteiger partial charge in [0.25, 0.3) is 0 Å². The lowest BCUT2D eigenvalue weighted by molar-refractivity contribution is -0.189. The molecule has 1 saturated heterocycles. The van der Waals surface area contributed by atoms with Gasteiger partial charge in [-0.2, -0.15) is 0 Å². The van der Waals surface area contributed by atoms with E-state index in [0.29, 0.717) is 12.8 Å². The molecule has 2 bridgehead atoms. The van der Waals surface area contributed by atoms with Crippen LogP contribution in [0, 0.1) is 18.8 Å². The first kappa shape index (κ1) is 18.2. The molecule has 5 heteroatoms. The number of fused-ring (bicyclic) bond motifs is 1. The highest BCUT2D eigenvalue weighted by Crippen LogP contribution is 2.63. The van der Waals surface area contributed by atoms with E-state index in [4.69, 9.17) is 10.5 Å². The van der Waals surface area contributed by atoms with E-state index in [1.165, 1.54) is 36.5 Å². The van der Waals surface area contributed by atoms with E-state index in [9.17, 15) is 9.59 Å². The number of carbonyl (C=O) groups excluding carboxylic acids is 2. The van der Waals surface area contributed by atoms with Gasteiger partial charge >= 0.3 is 5.97 Å². The Balaban J connectivity index is 1.69. The predicted octanol–water partition coefficient (Wildman–Crippen LogP) is 2.47. The summed E-state index contributed by atoms with van der Waals surface area (Å²) in [6.45, 7) is 5.70. The lowest BCUT2D eigenvalue weighted by Crippen LogP contribution is -2.70. The summed E-state index contributed by atoms with van der Waals surface area (Å²) in [6, 6.07) is 6.82. The van der Waals surface area contributed by atoms with Crippen LogP contribution in [0.15, 0.2) is 18.2 Å². The summed E-state index contributed by atoms with van der Waals surface area (Å²) in [6.07, 6.45) is 5.65. The van der Waals surface area contributed by atoms with Gasteiger partial charge < -0.3 is 10.5 Å². The molecule has 150 valence electrons. The highest BCUT2D eigenvalue weighted by Gasteiger charge is 2.70. The summed E-state index contributed by atoms with van der Waals surface area (Å²) in [7, 11) is 0. The van der Waals surface area contributed by atoms with Crippen molar-refractivity contribution in [2.75, 3.05) is 13.1 Å². The number of likely N-dealkylation sites (tertiary alicyclic amines) is 1. The first-order valence-corrected chi connectivity index (χ1v) is 10.7. The van der Waals surface area contributed by atoms with E-state index in [1.54, 1.807) is 0 Å². The standard InChI is InChI=1S/C23H30N2O3/c1-14-3-6-17-10-20-23(28-15(2)26)12-18(21(24)27)11-22(23,19(17)9-14)7-8-25(20)13-16-4-5-16/h3,6,9,16,18,20H,4-5,7-8,10-13H2,1-2H3,(H2,24,27)/t18-,20-,22-,23-/m1/s1. The number of amides is 1. The topological polar surface area (TPSA) is 72.6 Å². The molecule has 0 aromatic heterocycles. The number of benzene rings is 1. The molecule has 0 unspecified atom stereocenters. The summed E-state index contributed by atoms with van der Waals surface area (Å²) >= 11 is 0. The average molecular weight is 383 g/mol. The van der Waals surface area contributed by atoms with Gasteiger partial charge in [0, 0.05) is 31.2 Å². The van der Waals surface area contributed by atoms with E-state index in [0.717, 1.165) is 31.8 Å². The van der Waals surface area contributed by atoms with Crippen LogP contribution in [-0.4, -0.2) is 41.5 Å². The molecular formula is C23H30N2O3. The van der Waals surface area contributed by atoms with Crippen LogP contribution in [0.3, 0.4) is 0 Å². The van der Waals surface area contributed by atoms with E-state index in [1.807, 2.05) is 0 Å². The minimum absolute atomic E-state index is 0.130. The normalized spacial score (nSPS) is 36.5. The number of aryl methyl sites for hydroxylation is 1. The highest BCUT2D eigenvalue weighted by molar-refractivity contribution is 5.78. The van der Waals surface area contributed by atoms with Gasteiger partial charge in [-0.15, -0.1) is 0 Å². The van der Waals surface area contributed by atoms with E-state index < -0.39 is 5.60 Å². The van der Waals surface area contributed by atoms with Crippen LogP contribution in [0.5, 0.6) is 0 Å². The molecule has 2 saturated carbocycles. The molecule has 4 aliphatic rings.